The van der Waals surface area contributed by atoms with Gasteiger partial charge in [0, 0.05) is 5.56 Å². The van der Waals surface area contributed by atoms with Crippen molar-refractivity contribution >= 4 is 5.57 Å². The SMILES string of the molecule is CCCCCCOc1ccc(C2CCC(CCc3ccc(C4=CCC(C)CC4)c(F)c3F)CC2)c(F)c1F. The lowest BCUT2D eigenvalue weighted by Crippen LogP contribution is -2.16. The molecule has 2 aromatic carbocycles. The monoisotopic (exact) mass is 530 g/mol. The van der Waals surface area contributed by atoms with Gasteiger partial charge < -0.3 is 4.74 Å². The topological polar surface area (TPSA) is 9.23 Å². The van der Waals surface area contributed by atoms with Gasteiger partial charge in [0.15, 0.2) is 23.2 Å². The molecule has 0 heterocycles. The second-order valence-electron chi connectivity index (χ2n) is 11.5. The van der Waals surface area contributed by atoms with E-state index in [1.165, 1.54) is 0 Å². The lowest BCUT2D eigenvalue weighted by atomic mass is 9.76. The quantitative estimate of drug-likeness (QED) is 0.207. The molecular weight excluding hydrogens is 488 g/mol. The van der Waals surface area contributed by atoms with Crippen molar-refractivity contribution in [2.24, 2.45) is 11.8 Å². The third kappa shape index (κ3) is 7.01. The minimum absolute atomic E-state index is 0.00829. The fraction of sp³-hybridized carbons (Fsp3) is 0.576. The predicted molar refractivity (Wildman–Crippen MR) is 146 cm³/mol. The van der Waals surface area contributed by atoms with Crippen LogP contribution in [0.5, 0.6) is 5.75 Å². The zero-order valence-corrected chi connectivity index (χ0v) is 22.9. The second-order valence-corrected chi connectivity index (χ2v) is 11.5. The first-order valence-corrected chi connectivity index (χ1v) is 14.7. The summed E-state index contributed by atoms with van der Waals surface area (Å²) in [6.45, 7) is 4.69. The molecule has 1 atom stereocenters. The van der Waals surface area contributed by atoms with Crippen LogP contribution in [0.1, 0.15) is 114 Å². The average molecular weight is 531 g/mol. The van der Waals surface area contributed by atoms with Crippen LogP contribution in [-0.4, -0.2) is 6.61 Å². The largest absolute Gasteiger partial charge is 0.490 e. The van der Waals surface area contributed by atoms with E-state index in [9.17, 15) is 17.6 Å². The van der Waals surface area contributed by atoms with Crippen molar-refractivity contribution in [1.29, 1.82) is 0 Å². The van der Waals surface area contributed by atoms with Crippen LogP contribution < -0.4 is 4.74 Å². The lowest BCUT2D eigenvalue weighted by molar-refractivity contribution is 0.280. The molecule has 2 aliphatic carbocycles. The van der Waals surface area contributed by atoms with E-state index in [1.807, 2.05) is 6.08 Å². The Morgan fingerprint density at radius 1 is 0.816 bits per heavy atom. The van der Waals surface area contributed by atoms with Gasteiger partial charge in [-0.1, -0.05) is 57.4 Å². The van der Waals surface area contributed by atoms with Crippen molar-refractivity contribution in [2.45, 2.75) is 103 Å². The number of ether oxygens (including phenoxy) is 1. The van der Waals surface area contributed by atoms with Gasteiger partial charge in [-0.05, 0) is 105 Å². The summed E-state index contributed by atoms with van der Waals surface area (Å²) in [7, 11) is 0. The van der Waals surface area contributed by atoms with E-state index < -0.39 is 23.3 Å². The highest BCUT2D eigenvalue weighted by atomic mass is 19.2. The van der Waals surface area contributed by atoms with E-state index in [1.54, 1.807) is 24.3 Å². The van der Waals surface area contributed by atoms with Crippen LogP contribution in [0.25, 0.3) is 5.57 Å². The van der Waals surface area contributed by atoms with Gasteiger partial charge in [0.25, 0.3) is 0 Å². The van der Waals surface area contributed by atoms with Crippen molar-refractivity contribution in [1.82, 2.24) is 0 Å². The maximum absolute atomic E-state index is 14.9. The first-order chi connectivity index (χ1) is 18.4. The number of aryl methyl sites for hydroxylation is 1. The average Bonchev–Trinajstić information content (AvgIpc) is 2.93. The van der Waals surface area contributed by atoms with E-state index in [2.05, 4.69) is 13.8 Å². The van der Waals surface area contributed by atoms with Crippen molar-refractivity contribution in [3.8, 4) is 5.75 Å². The molecular formula is C33H42F4O. The molecule has 5 heteroatoms. The minimum atomic E-state index is -0.889. The van der Waals surface area contributed by atoms with Gasteiger partial charge in [-0.2, -0.15) is 4.39 Å². The van der Waals surface area contributed by atoms with Crippen LogP contribution in [0, 0.1) is 35.1 Å². The highest BCUT2D eigenvalue weighted by Crippen LogP contribution is 2.40. The summed E-state index contributed by atoms with van der Waals surface area (Å²) in [6.07, 6.45) is 13.4. The Balaban J connectivity index is 1.28. The molecule has 38 heavy (non-hydrogen) atoms. The summed E-state index contributed by atoms with van der Waals surface area (Å²) in [5.41, 5.74) is 2.17. The maximum atomic E-state index is 14.9. The molecule has 0 aliphatic heterocycles. The lowest BCUT2D eigenvalue weighted by Gasteiger charge is -2.29. The Morgan fingerprint density at radius 2 is 1.61 bits per heavy atom. The van der Waals surface area contributed by atoms with Crippen LogP contribution in [0.15, 0.2) is 30.3 Å². The summed E-state index contributed by atoms with van der Waals surface area (Å²) in [5, 5.41) is 0. The Labute approximate surface area is 225 Å². The molecule has 0 aromatic heterocycles. The predicted octanol–water partition coefficient (Wildman–Crippen LogP) is 10.3. The zero-order chi connectivity index (χ0) is 27.1. The number of hydrogen-bond donors (Lipinski definition) is 0. The molecule has 2 aliphatic rings. The second kappa shape index (κ2) is 13.7. The van der Waals surface area contributed by atoms with E-state index in [4.69, 9.17) is 4.74 Å². The molecule has 208 valence electrons. The summed E-state index contributed by atoms with van der Waals surface area (Å²) in [4.78, 5) is 0. The van der Waals surface area contributed by atoms with Crippen molar-refractivity contribution in [2.75, 3.05) is 6.61 Å². The summed E-state index contributed by atoms with van der Waals surface area (Å²) < 4.78 is 64.8. The van der Waals surface area contributed by atoms with Gasteiger partial charge in [0.1, 0.15) is 0 Å². The van der Waals surface area contributed by atoms with Gasteiger partial charge in [-0.15, -0.1) is 0 Å². The molecule has 2 aromatic rings. The van der Waals surface area contributed by atoms with Crippen molar-refractivity contribution < 1.29 is 22.3 Å². The van der Waals surface area contributed by atoms with E-state index in [0.717, 1.165) is 82.6 Å². The standard InChI is InChI=1S/C33H42F4O/c1-3-4-5-6-21-38-29-20-19-28(32(36)33(29)37)25-14-9-23(10-15-25)11-16-26-17-18-27(31(35)30(26)34)24-12-7-22(2)8-13-24/h12,17-20,22-23,25H,3-11,13-16,21H2,1-2H3. The Bertz CT molecular complexity index is 1100. The highest BCUT2D eigenvalue weighted by molar-refractivity contribution is 5.67. The normalized spacial score (nSPS) is 21.8. The van der Waals surface area contributed by atoms with Gasteiger partial charge in [0.2, 0.25) is 5.82 Å². The van der Waals surface area contributed by atoms with E-state index in [0.29, 0.717) is 41.6 Å². The number of hydrogen-bond acceptors (Lipinski definition) is 1. The molecule has 0 bridgehead atoms. The molecule has 0 N–H and O–H groups in total. The third-order valence-electron chi connectivity index (χ3n) is 8.62. The van der Waals surface area contributed by atoms with Gasteiger partial charge >= 0.3 is 0 Å². The third-order valence-corrected chi connectivity index (χ3v) is 8.62. The summed E-state index contributed by atoms with van der Waals surface area (Å²) in [5.74, 6) is -2.20. The smallest absolute Gasteiger partial charge is 0.200 e. The molecule has 1 nitrogen and oxygen atoms in total. The molecule has 0 saturated heterocycles. The first kappa shape index (κ1) is 28.7. The highest BCUT2D eigenvalue weighted by Gasteiger charge is 2.27. The Kier molecular flexibility index (Phi) is 10.3. The number of unbranched alkanes of at least 4 members (excludes halogenated alkanes) is 3. The van der Waals surface area contributed by atoms with E-state index >= 15 is 0 Å². The summed E-state index contributed by atoms with van der Waals surface area (Å²) >= 11 is 0. The molecule has 0 radical (unpaired) electrons. The van der Waals surface area contributed by atoms with Crippen LogP contribution >= 0.6 is 0 Å². The van der Waals surface area contributed by atoms with Gasteiger partial charge in [-0.25, -0.2) is 13.2 Å². The molecule has 0 amide bonds. The van der Waals surface area contributed by atoms with E-state index in [-0.39, 0.29) is 11.7 Å². The van der Waals surface area contributed by atoms with Crippen LogP contribution in [0.4, 0.5) is 17.6 Å². The number of halogens is 4. The fourth-order valence-corrected chi connectivity index (χ4v) is 6.05. The number of allylic oxidation sites excluding steroid dienone is 2. The molecule has 4 rings (SSSR count). The van der Waals surface area contributed by atoms with Crippen LogP contribution in [-0.2, 0) is 6.42 Å². The van der Waals surface area contributed by atoms with Gasteiger partial charge in [-0.3, -0.25) is 0 Å². The molecule has 0 spiro atoms. The Hall–Kier alpha value is -2.30. The number of rotatable bonds is 11. The molecule has 1 unspecified atom stereocenters. The Morgan fingerprint density at radius 3 is 2.32 bits per heavy atom. The van der Waals surface area contributed by atoms with Gasteiger partial charge in [0.05, 0.1) is 6.61 Å². The van der Waals surface area contributed by atoms with Crippen molar-refractivity contribution in [3.05, 3.63) is 70.3 Å². The van der Waals surface area contributed by atoms with Crippen LogP contribution in [0.3, 0.4) is 0 Å². The van der Waals surface area contributed by atoms with Crippen molar-refractivity contribution in [3.63, 3.8) is 0 Å². The molecule has 1 saturated carbocycles. The van der Waals surface area contributed by atoms with Crippen LogP contribution in [0.2, 0.25) is 0 Å². The summed E-state index contributed by atoms with van der Waals surface area (Å²) in [6, 6.07) is 6.71. The minimum Gasteiger partial charge on any atom is -0.490 e. The maximum Gasteiger partial charge on any atom is 0.200 e. The number of benzene rings is 2. The molecule has 1 fully saturated rings. The first-order valence-electron chi connectivity index (χ1n) is 14.7. The fourth-order valence-electron chi connectivity index (χ4n) is 6.05. The zero-order valence-electron chi connectivity index (χ0n) is 22.9.